The first kappa shape index (κ1) is 13.3. The molecular formula is C15H22ClN3. The summed E-state index contributed by atoms with van der Waals surface area (Å²) in [6.45, 7) is 4.72. The number of likely N-dealkylation sites (tertiary alicyclic amines) is 2. The predicted molar refractivity (Wildman–Crippen MR) is 78.3 cm³/mol. The fourth-order valence-corrected chi connectivity index (χ4v) is 3.87. The molecule has 2 unspecified atom stereocenters. The van der Waals surface area contributed by atoms with Gasteiger partial charge in [0.15, 0.2) is 0 Å². The zero-order valence-electron chi connectivity index (χ0n) is 11.6. The van der Waals surface area contributed by atoms with Crippen LogP contribution in [0.3, 0.4) is 0 Å². The van der Waals surface area contributed by atoms with Crippen LogP contribution in [0.1, 0.15) is 24.8 Å². The Kier molecular flexibility index (Phi) is 4.06. The number of hydrogen-bond acceptors (Lipinski definition) is 3. The largest absolute Gasteiger partial charge is 0.303 e. The average Bonchev–Trinajstić information content (AvgIpc) is 2.39. The lowest BCUT2D eigenvalue weighted by Gasteiger charge is -2.46. The van der Waals surface area contributed by atoms with Gasteiger partial charge >= 0.3 is 0 Å². The second-order valence-corrected chi connectivity index (χ2v) is 6.35. The minimum atomic E-state index is 0.602. The summed E-state index contributed by atoms with van der Waals surface area (Å²) in [5, 5.41) is 0.602. The van der Waals surface area contributed by atoms with E-state index < -0.39 is 0 Å². The SMILES string of the molecule is CN1CCCC2CN(Cc3ccnc(Cl)c3)CCC21. The molecule has 104 valence electrons. The number of rotatable bonds is 2. The second kappa shape index (κ2) is 5.78. The molecule has 2 aliphatic heterocycles. The standard InChI is InChI=1S/C15H22ClN3/c1-18-7-2-3-13-11-19(8-5-14(13)18)10-12-4-6-17-15(16)9-12/h4,6,9,13-14H,2-3,5,7-8,10-11H2,1H3. The predicted octanol–water partition coefficient (Wildman–Crippen LogP) is 2.65. The highest BCUT2D eigenvalue weighted by atomic mass is 35.5. The van der Waals surface area contributed by atoms with Crippen LogP contribution in [0, 0.1) is 5.92 Å². The third kappa shape index (κ3) is 3.10. The van der Waals surface area contributed by atoms with Crippen LogP contribution in [0.2, 0.25) is 5.15 Å². The van der Waals surface area contributed by atoms with E-state index in [4.69, 9.17) is 11.6 Å². The van der Waals surface area contributed by atoms with Gasteiger partial charge in [0.1, 0.15) is 5.15 Å². The quantitative estimate of drug-likeness (QED) is 0.776. The summed E-state index contributed by atoms with van der Waals surface area (Å²) in [5.41, 5.74) is 1.28. The minimum Gasteiger partial charge on any atom is -0.303 e. The average molecular weight is 280 g/mol. The zero-order chi connectivity index (χ0) is 13.2. The molecule has 0 amide bonds. The Morgan fingerprint density at radius 3 is 3.11 bits per heavy atom. The molecule has 0 bridgehead atoms. The Balaban J connectivity index is 1.62. The maximum absolute atomic E-state index is 5.96. The molecule has 2 atom stereocenters. The molecule has 0 spiro atoms. The first-order valence-electron chi connectivity index (χ1n) is 7.25. The summed E-state index contributed by atoms with van der Waals surface area (Å²) < 4.78 is 0. The van der Waals surface area contributed by atoms with Crippen molar-refractivity contribution in [3.63, 3.8) is 0 Å². The van der Waals surface area contributed by atoms with Gasteiger partial charge in [0.25, 0.3) is 0 Å². The molecule has 3 heterocycles. The first-order valence-corrected chi connectivity index (χ1v) is 7.63. The van der Waals surface area contributed by atoms with Crippen molar-refractivity contribution in [3.05, 3.63) is 29.0 Å². The molecule has 0 saturated carbocycles. The minimum absolute atomic E-state index is 0.602. The Labute approximate surface area is 120 Å². The molecule has 3 rings (SSSR count). The van der Waals surface area contributed by atoms with Crippen LogP contribution in [-0.4, -0.2) is 47.5 Å². The van der Waals surface area contributed by atoms with Crippen molar-refractivity contribution in [2.45, 2.75) is 31.8 Å². The first-order chi connectivity index (χ1) is 9.22. The van der Waals surface area contributed by atoms with E-state index in [0.717, 1.165) is 18.5 Å². The molecule has 3 nitrogen and oxygen atoms in total. The summed E-state index contributed by atoms with van der Waals surface area (Å²) in [6.07, 6.45) is 5.86. The topological polar surface area (TPSA) is 19.4 Å². The summed E-state index contributed by atoms with van der Waals surface area (Å²) >= 11 is 5.96. The molecule has 0 aliphatic carbocycles. The molecule has 2 aliphatic rings. The lowest BCUT2D eigenvalue weighted by molar-refractivity contribution is 0.0355. The Hall–Kier alpha value is -0.640. The Bertz CT molecular complexity index is 437. The third-order valence-electron chi connectivity index (χ3n) is 4.63. The van der Waals surface area contributed by atoms with E-state index in [1.165, 1.54) is 44.5 Å². The summed E-state index contributed by atoms with van der Waals surface area (Å²) in [6, 6.07) is 4.87. The molecule has 1 aromatic heterocycles. The lowest BCUT2D eigenvalue weighted by Crippen LogP contribution is -2.52. The van der Waals surface area contributed by atoms with Gasteiger partial charge in [-0.25, -0.2) is 4.98 Å². The fraction of sp³-hybridized carbons (Fsp3) is 0.667. The monoisotopic (exact) mass is 279 g/mol. The third-order valence-corrected chi connectivity index (χ3v) is 4.83. The van der Waals surface area contributed by atoms with Gasteiger partial charge in [0.2, 0.25) is 0 Å². The summed E-state index contributed by atoms with van der Waals surface area (Å²) in [5.74, 6) is 0.852. The highest BCUT2D eigenvalue weighted by Gasteiger charge is 2.33. The Morgan fingerprint density at radius 1 is 1.37 bits per heavy atom. The molecule has 0 N–H and O–H groups in total. The van der Waals surface area contributed by atoms with E-state index in [-0.39, 0.29) is 0 Å². The number of pyridine rings is 1. The number of halogens is 1. The van der Waals surface area contributed by atoms with Crippen molar-refractivity contribution in [3.8, 4) is 0 Å². The number of aromatic nitrogens is 1. The van der Waals surface area contributed by atoms with Crippen LogP contribution in [0.4, 0.5) is 0 Å². The van der Waals surface area contributed by atoms with Gasteiger partial charge < -0.3 is 4.90 Å². The number of hydrogen-bond donors (Lipinski definition) is 0. The van der Waals surface area contributed by atoms with Gasteiger partial charge in [-0.15, -0.1) is 0 Å². The second-order valence-electron chi connectivity index (χ2n) is 5.96. The van der Waals surface area contributed by atoms with Crippen molar-refractivity contribution < 1.29 is 0 Å². The molecule has 0 radical (unpaired) electrons. The van der Waals surface area contributed by atoms with Crippen LogP contribution in [0.15, 0.2) is 18.3 Å². The van der Waals surface area contributed by atoms with E-state index in [2.05, 4.69) is 27.9 Å². The fourth-order valence-electron chi connectivity index (χ4n) is 3.67. The van der Waals surface area contributed by atoms with Crippen molar-refractivity contribution in [1.82, 2.24) is 14.8 Å². The zero-order valence-corrected chi connectivity index (χ0v) is 12.3. The van der Waals surface area contributed by atoms with Crippen molar-refractivity contribution in [2.75, 3.05) is 26.7 Å². The maximum atomic E-state index is 5.96. The lowest BCUT2D eigenvalue weighted by atomic mass is 9.84. The molecule has 19 heavy (non-hydrogen) atoms. The highest BCUT2D eigenvalue weighted by molar-refractivity contribution is 6.29. The van der Waals surface area contributed by atoms with Crippen LogP contribution in [-0.2, 0) is 6.54 Å². The molecular weight excluding hydrogens is 258 g/mol. The molecule has 1 aromatic rings. The van der Waals surface area contributed by atoms with E-state index in [1.54, 1.807) is 6.20 Å². The molecule has 2 saturated heterocycles. The van der Waals surface area contributed by atoms with Gasteiger partial charge in [-0.05, 0) is 63.0 Å². The van der Waals surface area contributed by atoms with E-state index in [0.29, 0.717) is 5.15 Å². The van der Waals surface area contributed by atoms with Crippen LogP contribution < -0.4 is 0 Å². The van der Waals surface area contributed by atoms with E-state index >= 15 is 0 Å². The molecule has 2 fully saturated rings. The number of nitrogens with zero attached hydrogens (tertiary/aromatic N) is 3. The summed E-state index contributed by atoms with van der Waals surface area (Å²) in [4.78, 5) is 9.19. The Morgan fingerprint density at radius 2 is 2.26 bits per heavy atom. The number of piperidine rings is 2. The van der Waals surface area contributed by atoms with Crippen LogP contribution in [0.25, 0.3) is 0 Å². The van der Waals surface area contributed by atoms with Crippen molar-refractivity contribution >= 4 is 11.6 Å². The van der Waals surface area contributed by atoms with Crippen LogP contribution in [0.5, 0.6) is 0 Å². The van der Waals surface area contributed by atoms with Gasteiger partial charge in [-0.2, -0.15) is 0 Å². The molecule has 4 heteroatoms. The summed E-state index contributed by atoms with van der Waals surface area (Å²) in [7, 11) is 2.29. The van der Waals surface area contributed by atoms with Gasteiger partial charge in [-0.3, -0.25) is 4.90 Å². The highest BCUT2D eigenvalue weighted by Crippen LogP contribution is 2.30. The van der Waals surface area contributed by atoms with Crippen molar-refractivity contribution in [2.24, 2.45) is 5.92 Å². The van der Waals surface area contributed by atoms with Crippen molar-refractivity contribution in [1.29, 1.82) is 0 Å². The van der Waals surface area contributed by atoms with E-state index in [1.807, 2.05) is 6.07 Å². The normalized spacial score (nSPS) is 29.2. The van der Waals surface area contributed by atoms with E-state index in [9.17, 15) is 0 Å². The number of fused-ring (bicyclic) bond motifs is 1. The smallest absolute Gasteiger partial charge is 0.129 e. The maximum Gasteiger partial charge on any atom is 0.129 e. The van der Waals surface area contributed by atoms with Crippen LogP contribution >= 0.6 is 11.6 Å². The van der Waals surface area contributed by atoms with Gasteiger partial charge in [-0.1, -0.05) is 11.6 Å². The van der Waals surface area contributed by atoms with Gasteiger partial charge in [0, 0.05) is 25.3 Å². The molecule has 0 aromatic carbocycles. The van der Waals surface area contributed by atoms with Gasteiger partial charge in [0.05, 0.1) is 0 Å².